The number of sulfonamides is 1. The Bertz CT molecular complexity index is 1020. The molecule has 1 aliphatic rings. The van der Waals surface area contributed by atoms with Crippen molar-refractivity contribution in [1.29, 1.82) is 0 Å². The van der Waals surface area contributed by atoms with Crippen LogP contribution in [-0.4, -0.2) is 49.7 Å². The van der Waals surface area contributed by atoms with Crippen LogP contribution in [0.1, 0.15) is 36.2 Å². The maximum atomic E-state index is 13.0. The molecule has 0 radical (unpaired) electrons. The smallest absolute Gasteiger partial charge is 0.254 e. The van der Waals surface area contributed by atoms with E-state index in [9.17, 15) is 13.2 Å². The van der Waals surface area contributed by atoms with Crippen LogP contribution in [-0.2, 0) is 10.0 Å². The highest BCUT2D eigenvalue weighted by Gasteiger charge is 2.27. The average Bonchev–Trinajstić information content (AvgIpc) is 2.75. The first kappa shape index (κ1) is 21.6. The van der Waals surface area contributed by atoms with Gasteiger partial charge in [0.15, 0.2) is 0 Å². The highest BCUT2D eigenvalue weighted by Crippen LogP contribution is 2.28. The molecule has 0 aromatic heterocycles. The summed E-state index contributed by atoms with van der Waals surface area (Å²) in [7, 11) is -3.74. The summed E-state index contributed by atoms with van der Waals surface area (Å²) < 4.78 is 27.1. The summed E-state index contributed by atoms with van der Waals surface area (Å²) in [6.07, 6.45) is 2.81. The van der Waals surface area contributed by atoms with Crippen LogP contribution in [0.4, 0.5) is 0 Å². The SMILES string of the molecule is CCN(CC)S(=O)(=O)c1cc(C(=O)N2CC=C(c3ccccc3)CC2)ccc1Cl. The zero-order valence-electron chi connectivity index (χ0n) is 16.6. The van der Waals surface area contributed by atoms with Crippen molar-refractivity contribution >= 4 is 33.1 Å². The highest BCUT2D eigenvalue weighted by atomic mass is 35.5. The first-order valence-corrected chi connectivity index (χ1v) is 11.5. The molecular weight excluding hydrogens is 408 g/mol. The van der Waals surface area contributed by atoms with E-state index in [-0.39, 0.29) is 15.8 Å². The molecule has 0 saturated carbocycles. The summed E-state index contributed by atoms with van der Waals surface area (Å²) in [6, 6.07) is 14.6. The van der Waals surface area contributed by atoms with Gasteiger partial charge in [-0.05, 0) is 35.8 Å². The minimum atomic E-state index is -3.74. The maximum absolute atomic E-state index is 13.0. The summed E-state index contributed by atoms with van der Waals surface area (Å²) in [6.45, 7) is 5.30. The Morgan fingerprint density at radius 3 is 2.38 bits per heavy atom. The van der Waals surface area contributed by atoms with Crippen molar-refractivity contribution in [2.24, 2.45) is 0 Å². The molecular formula is C22H25ClN2O3S. The van der Waals surface area contributed by atoms with E-state index in [4.69, 9.17) is 11.6 Å². The monoisotopic (exact) mass is 432 g/mol. The van der Waals surface area contributed by atoms with Gasteiger partial charge in [0.05, 0.1) is 5.02 Å². The van der Waals surface area contributed by atoms with Crippen molar-refractivity contribution < 1.29 is 13.2 Å². The Kier molecular flexibility index (Phi) is 6.77. The number of benzene rings is 2. The molecule has 5 nitrogen and oxygen atoms in total. The van der Waals surface area contributed by atoms with Crippen LogP contribution in [0.3, 0.4) is 0 Å². The Morgan fingerprint density at radius 2 is 1.79 bits per heavy atom. The summed E-state index contributed by atoms with van der Waals surface area (Å²) >= 11 is 6.18. The van der Waals surface area contributed by atoms with Crippen molar-refractivity contribution in [1.82, 2.24) is 9.21 Å². The number of nitrogens with zero attached hydrogens (tertiary/aromatic N) is 2. The molecule has 1 amide bonds. The van der Waals surface area contributed by atoms with Crippen molar-refractivity contribution in [3.8, 4) is 0 Å². The Morgan fingerprint density at radius 1 is 1.10 bits per heavy atom. The number of amides is 1. The van der Waals surface area contributed by atoms with Gasteiger partial charge >= 0.3 is 0 Å². The molecule has 0 atom stereocenters. The van der Waals surface area contributed by atoms with E-state index >= 15 is 0 Å². The lowest BCUT2D eigenvalue weighted by Crippen LogP contribution is -2.35. The van der Waals surface area contributed by atoms with Crippen LogP contribution < -0.4 is 0 Å². The predicted octanol–water partition coefficient (Wildman–Crippen LogP) is 4.30. The van der Waals surface area contributed by atoms with Crippen molar-refractivity contribution in [2.75, 3.05) is 26.2 Å². The van der Waals surface area contributed by atoms with Gasteiger partial charge in [-0.15, -0.1) is 0 Å². The van der Waals surface area contributed by atoms with Gasteiger partial charge in [-0.3, -0.25) is 4.79 Å². The predicted molar refractivity (Wildman–Crippen MR) is 116 cm³/mol. The minimum Gasteiger partial charge on any atom is -0.335 e. The molecule has 7 heteroatoms. The molecule has 0 N–H and O–H groups in total. The topological polar surface area (TPSA) is 57.7 Å². The van der Waals surface area contributed by atoms with Gasteiger partial charge < -0.3 is 4.90 Å². The van der Waals surface area contributed by atoms with Crippen LogP contribution in [0, 0.1) is 0 Å². The average molecular weight is 433 g/mol. The minimum absolute atomic E-state index is 0.0220. The first-order chi connectivity index (χ1) is 13.9. The second-order valence-corrected chi connectivity index (χ2v) is 9.14. The van der Waals surface area contributed by atoms with Gasteiger partial charge in [0.25, 0.3) is 5.91 Å². The quantitative estimate of drug-likeness (QED) is 0.683. The summed E-state index contributed by atoms with van der Waals surface area (Å²) in [5.41, 5.74) is 2.71. The molecule has 29 heavy (non-hydrogen) atoms. The normalized spacial score (nSPS) is 14.8. The third-order valence-electron chi connectivity index (χ3n) is 5.14. The van der Waals surface area contributed by atoms with Crippen LogP contribution in [0.5, 0.6) is 0 Å². The van der Waals surface area contributed by atoms with E-state index in [0.29, 0.717) is 31.7 Å². The lowest BCUT2D eigenvalue weighted by Gasteiger charge is -2.27. The fraction of sp³-hybridized carbons (Fsp3) is 0.318. The lowest BCUT2D eigenvalue weighted by atomic mass is 9.99. The van der Waals surface area contributed by atoms with Crippen LogP contribution >= 0.6 is 11.6 Å². The standard InChI is InChI=1S/C22H25ClN2O3S/c1-3-25(4-2)29(27,28)21-16-19(10-11-20(21)23)22(26)24-14-12-18(13-15-24)17-8-6-5-7-9-17/h5-12,16H,3-4,13-15H2,1-2H3. The molecule has 154 valence electrons. The van der Waals surface area contributed by atoms with Crippen LogP contribution in [0.25, 0.3) is 5.57 Å². The second kappa shape index (κ2) is 9.11. The molecule has 0 fully saturated rings. The zero-order chi connectivity index (χ0) is 21.0. The third-order valence-corrected chi connectivity index (χ3v) is 7.67. The maximum Gasteiger partial charge on any atom is 0.254 e. The van der Waals surface area contributed by atoms with Gasteiger partial charge in [0.2, 0.25) is 10.0 Å². The Hall–Kier alpha value is -2.15. The molecule has 0 saturated heterocycles. The fourth-order valence-electron chi connectivity index (χ4n) is 3.49. The molecule has 1 aliphatic heterocycles. The third kappa shape index (κ3) is 4.55. The Balaban J connectivity index is 1.83. The lowest BCUT2D eigenvalue weighted by molar-refractivity contribution is 0.0772. The largest absolute Gasteiger partial charge is 0.335 e. The van der Waals surface area contributed by atoms with Crippen molar-refractivity contribution in [2.45, 2.75) is 25.2 Å². The van der Waals surface area contributed by atoms with Crippen molar-refractivity contribution in [3.63, 3.8) is 0 Å². The molecule has 3 rings (SSSR count). The molecule has 0 unspecified atom stereocenters. The summed E-state index contributed by atoms with van der Waals surface area (Å²) in [4.78, 5) is 14.7. The number of halogens is 1. The molecule has 0 spiro atoms. The van der Waals surface area contributed by atoms with Crippen LogP contribution in [0.2, 0.25) is 5.02 Å². The molecule has 0 aliphatic carbocycles. The van der Waals surface area contributed by atoms with E-state index < -0.39 is 10.0 Å². The number of carbonyl (C=O) groups is 1. The van der Waals surface area contributed by atoms with Gasteiger partial charge in [-0.25, -0.2) is 8.42 Å². The van der Waals surface area contributed by atoms with E-state index in [1.165, 1.54) is 27.6 Å². The Labute approximate surface area is 177 Å². The van der Waals surface area contributed by atoms with Crippen molar-refractivity contribution in [3.05, 3.63) is 70.8 Å². The highest BCUT2D eigenvalue weighted by molar-refractivity contribution is 7.89. The van der Waals surface area contributed by atoms with Gasteiger partial charge in [0.1, 0.15) is 4.90 Å². The summed E-state index contributed by atoms with van der Waals surface area (Å²) in [5, 5.41) is 0.123. The second-order valence-electron chi connectivity index (χ2n) is 6.83. The van der Waals surface area contributed by atoms with Gasteiger partial charge in [-0.2, -0.15) is 4.31 Å². The number of carbonyl (C=O) groups excluding carboxylic acids is 1. The van der Waals surface area contributed by atoms with E-state index in [0.717, 1.165) is 6.42 Å². The molecule has 2 aromatic carbocycles. The van der Waals surface area contributed by atoms with Gasteiger partial charge in [0, 0.05) is 31.7 Å². The van der Waals surface area contributed by atoms with Gasteiger partial charge in [-0.1, -0.05) is 61.9 Å². The number of rotatable bonds is 6. The van der Waals surface area contributed by atoms with E-state index in [1.54, 1.807) is 24.8 Å². The fourth-order valence-corrected chi connectivity index (χ4v) is 5.45. The summed E-state index contributed by atoms with van der Waals surface area (Å²) in [5.74, 6) is -0.193. The molecule has 1 heterocycles. The number of hydrogen-bond donors (Lipinski definition) is 0. The number of hydrogen-bond acceptors (Lipinski definition) is 3. The molecule has 2 aromatic rings. The van der Waals surface area contributed by atoms with E-state index in [2.05, 4.69) is 18.2 Å². The zero-order valence-corrected chi connectivity index (χ0v) is 18.2. The van der Waals surface area contributed by atoms with Crippen LogP contribution in [0.15, 0.2) is 59.5 Å². The first-order valence-electron chi connectivity index (χ1n) is 9.72. The van der Waals surface area contributed by atoms with E-state index in [1.807, 2.05) is 18.2 Å². The molecule has 0 bridgehead atoms.